The van der Waals surface area contributed by atoms with Crippen LogP contribution in [0.15, 0.2) is 66.3 Å². The molecule has 138 valence electrons. The van der Waals surface area contributed by atoms with Gasteiger partial charge in [0.05, 0.1) is 0 Å². The zero-order valence-electron chi connectivity index (χ0n) is 15.5. The minimum atomic E-state index is 0.723. The maximum atomic E-state index is 4.93. The average molecular weight is 385 g/mol. The second kappa shape index (κ2) is 7.05. The minimum Gasteiger partial charge on any atom is -0.368 e. The van der Waals surface area contributed by atoms with Gasteiger partial charge in [-0.05, 0) is 24.6 Å². The summed E-state index contributed by atoms with van der Waals surface area (Å²) in [6.07, 6.45) is 2.84. The van der Waals surface area contributed by atoms with Gasteiger partial charge in [-0.3, -0.25) is 4.57 Å². The summed E-state index contributed by atoms with van der Waals surface area (Å²) in [6.45, 7) is 2.98. The molecule has 0 saturated carbocycles. The fourth-order valence-electron chi connectivity index (χ4n) is 3.32. The predicted octanol–water partition coefficient (Wildman–Crippen LogP) is 5.52. The molecule has 0 amide bonds. The van der Waals surface area contributed by atoms with Gasteiger partial charge < -0.3 is 5.32 Å². The van der Waals surface area contributed by atoms with Crippen molar-refractivity contribution in [2.24, 2.45) is 0 Å². The molecule has 3 heterocycles. The number of imidazole rings is 1. The number of fused-ring (bicyclic) bond motifs is 2. The average Bonchev–Trinajstić information content (AvgIpc) is 3.37. The van der Waals surface area contributed by atoms with Gasteiger partial charge in [-0.15, -0.1) is 11.3 Å². The summed E-state index contributed by atoms with van der Waals surface area (Å²) in [5.74, 6) is 1.51. The molecule has 1 N–H and O–H groups in total. The van der Waals surface area contributed by atoms with Crippen molar-refractivity contribution in [3.8, 4) is 17.1 Å². The van der Waals surface area contributed by atoms with Crippen LogP contribution < -0.4 is 5.32 Å². The Morgan fingerprint density at radius 2 is 1.82 bits per heavy atom. The number of para-hydroxylation sites is 1. The van der Waals surface area contributed by atoms with Crippen molar-refractivity contribution in [2.75, 3.05) is 11.9 Å². The van der Waals surface area contributed by atoms with E-state index in [1.165, 1.54) is 10.1 Å². The summed E-state index contributed by atoms with van der Waals surface area (Å²) in [6, 6.07) is 18.5. The van der Waals surface area contributed by atoms with E-state index < -0.39 is 0 Å². The van der Waals surface area contributed by atoms with Gasteiger partial charge in [-0.25, -0.2) is 15.0 Å². The molecule has 6 heteroatoms. The van der Waals surface area contributed by atoms with Gasteiger partial charge in [0.25, 0.3) is 0 Å². The Balaban J connectivity index is 1.75. The molecular formula is C22H19N5S. The molecule has 0 spiro atoms. The van der Waals surface area contributed by atoms with Gasteiger partial charge in [-0.1, -0.05) is 43.3 Å². The number of nitrogens with one attached hydrogen (secondary N) is 1. The number of thiophene rings is 1. The van der Waals surface area contributed by atoms with E-state index in [0.29, 0.717) is 0 Å². The first kappa shape index (κ1) is 16.9. The molecule has 0 aliphatic heterocycles. The van der Waals surface area contributed by atoms with Crippen molar-refractivity contribution in [1.82, 2.24) is 19.5 Å². The number of hydrogen-bond acceptors (Lipinski definition) is 5. The van der Waals surface area contributed by atoms with E-state index in [2.05, 4.69) is 59.0 Å². The minimum absolute atomic E-state index is 0.723. The van der Waals surface area contributed by atoms with Crippen LogP contribution in [-0.4, -0.2) is 26.1 Å². The maximum Gasteiger partial charge on any atom is 0.170 e. The lowest BCUT2D eigenvalue weighted by Gasteiger charge is -2.09. The summed E-state index contributed by atoms with van der Waals surface area (Å²) in [5, 5.41) is 6.75. The highest BCUT2D eigenvalue weighted by molar-refractivity contribution is 7.17. The van der Waals surface area contributed by atoms with Gasteiger partial charge in [-0.2, -0.15) is 0 Å². The lowest BCUT2D eigenvalue weighted by atomic mass is 10.1. The Labute approximate surface area is 166 Å². The highest BCUT2D eigenvalue weighted by Gasteiger charge is 2.17. The van der Waals surface area contributed by atoms with Gasteiger partial charge in [0, 0.05) is 33.3 Å². The van der Waals surface area contributed by atoms with Crippen molar-refractivity contribution in [3.05, 3.63) is 66.3 Å². The molecule has 28 heavy (non-hydrogen) atoms. The second-order valence-electron chi connectivity index (χ2n) is 6.59. The van der Waals surface area contributed by atoms with E-state index in [-0.39, 0.29) is 0 Å². The smallest absolute Gasteiger partial charge is 0.170 e. The van der Waals surface area contributed by atoms with Gasteiger partial charge in [0.15, 0.2) is 22.8 Å². The maximum absolute atomic E-state index is 4.93. The molecule has 3 aromatic heterocycles. The van der Waals surface area contributed by atoms with E-state index in [1.54, 1.807) is 11.3 Å². The monoisotopic (exact) mass is 385 g/mol. The van der Waals surface area contributed by atoms with Crippen LogP contribution in [0.3, 0.4) is 0 Å². The third-order valence-corrected chi connectivity index (χ3v) is 5.66. The molecule has 0 unspecified atom stereocenters. The SMILES string of the molecule is CCCNc1nc(-c2csc3ccccc23)nc2c1ncn2-c1ccccc1. The molecule has 0 saturated heterocycles. The topological polar surface area (TPSA) is 55.6 Å². The van der Waals surface area contributed by atoms with Crippen molar-refractivity contribution in [2.45, 2.75) is 13.3 Å². The van der Waals surface area contributed by atoms with Crippen molar-refractivity contribution in [3.63, 3.8) is 0 Å². The number of nitrogens with zero attached hydrogens (tertiary/aromatic N) is 4. The first-order valence-corrected chi connectivity index (χ1v) is 10.2. The Bertz CT molecular complexity index is 1260. The molecule has 5 rings (SSSR count). The van der Waals surface area contributed by atoms with Crippen molar-refractivity contribution in [1.29, 1.82) is 0 Å². The Morgan fingerprint density at radius 1 is 1.00 bits per heavy atom. The zero-order valence-corrected chi connectivity index (χ0v) is 16.3. The molecule has 5 nitrogen and oxygen atoms in total. The van der Waals surface area contributed by atoms with E-state index in [4.69, 9.17) is 9.97 Å². The zero-order chi connectivity index (χ0) is 18.9. The van der Waals surface area contributed by atoms with E-state index in [0.717, 1.165) is 47.0 Å². The lowest BCUT2D eigenvalue weighted by molar-refractivity contribution is 0.969. The molecule has 0 aliphatic rings. The fraction of sp³-hybridized carbons (Fsp3) is 0.136. The summed E-state index contributed by atoms with van der Waals surface area (Å²) < 4.78 is 3.26. The molecule has 0 fully saturated rings. The van der Waals surface area contributed by atoms with Crippen LogP contribution in [0.1, 0.15) is 13.3 Å². The van der Waals surface area contributed by atoms with Crippen LogP contribution >= 0.6 is 11.3 Å². The van der Waals surface area contributed by atoms with Crippen LogP contribution in [0.4, 0.5) is 5.82 Å². The highest BCUT2D eigenvalue weighted by Crippen LogP contribution is 2.34. The first-order valence-electron chi connectivity index (χ1n) is 9.36. The standard InChI is InChI=1S/C22H19N5S/c1-2-12-23-21-19-22(27(14-24-19)15-8-4-3-5-9-15)26-20(25-21)17-13-28-18-11-7-6-10-16(17)18/h3-11,13-14H,2,12H2,1H3,(H,23,25,26). The van der Waals surface area contributed by atoms with Gasteiger partial charge in [0.2, 0.25) is 0 Å². The van der Waals surface area contributed by atoms with Crippen LogP contribution in [0.25, 0.3) is 38.3 Å². The third-order valence-electron chi connectivity index (χ3n) is 4.69. The molecular weight excluding hydrogens is 366 g/mol. The number of hydrogen-bond donors (Lipinski definition) is 1. The van der Waals surface area contributed by atoms with Gasteiger partial charge >= 0.3 is 0 Å². The van der Waals surface area contributed by atoms with Crippen LogP contribution in [0, 0.1) is 0 Å². The normalized spacial score (nSPS) is 11.3. The van der Waals surface area contributed by atoms with E-state index in [9.17, 15) is 0 Å². The number of anilines is 1. The summed E-state index contributed by atoms with van der Waals surface area (Å²) in [4.78, 5) is 14.4. The van der Waals surface area contributed by atoms with E-state index >= 15 is 0 Å². The summed E-state index contributed by atoms with van der Waals surface area (Å²) in [5.41, 5.74) is 3.69. The van der Waals surface area contributed by atoms with Crippen molar-refractivity contribution >= 4 is 38.4 Å². The summed E-state index contributed by atoms with van der Waals surface area (Å²) >= 11 is 1.72. The largest absolute Gasteiger partial charge is 0.368 e. The predicted molar refractivity (Wildman–Crippen MR) is 116 cm³/mol. The third kappa shape index (κ3) is 2.82. The number of benzene rings is 2. The van der Waals surface area contributed by atoms with Gasteiger partial charge in [0.1, 0.15) is 6.33 Å². The van der Waals surface area contributed by atoms with E-state index in [1.807, 2.05) is 29.1 Å². The second-order valence-corrected chi connectivity index (χ2v) is 7.50. The summed E-state index contributed by atoms with van der Waals surface area (Å²) in [7, 11) is 0. The molecule has 0 bridgehead atoms. The molecule has 2 aromatic carbocycles. The molecule has 5 aromatic rings. The highest BCUT2D eigenvalue weighted by atomic mass is 32.1. The van der Waals surface area contributed by atoms with Crippen LogP contribution in [0.2, 0.25) is 0 Å². The van der Waals surface area contributed by atoms with Crippen molar-refractivity contribution < 1.29 is 0 Å². The number of aromatic nitrogens is 4. The van der Waals surface area contributed by atoms with Crippen LogP contribution in [-0.2, 0) is 0 Å². The molecule has 0 aliphatic carbocycles. The Morgan fingerprint density at radius 3 is 2.68 bits per heavy atom. The Hall–Kier alpha value is -3.25. The lowest BCUT2D eigenvalue weighted by Crippen LogP contribution is -2.05. The molecule has 0 atom stereocenters. The molecule has 0 radical (unpaired) electrons. The number of rotatable bonds is 5. The quantitative estimate of drug-likeness (QED) is 0.433. The van der Waals surface area contributed by atoms with Crippen LogP contribution in [0.5, 0.6) is 0 Å². The Kier molecular flexibility index (Phi) is 4.25. The first-order chi connectivity index (χ1) is 13.8. The fourth-order valence-corrected chi connectivity index (χ4v) is 4.25.